The first-order chi connectivity index (χ1) is 13.6. The van der Waals surface area contributed by atoms with E-state index < -0.39 is 0 Å². The highest BCUT2D eigenvalue weighted by molar-refractivity contribution is 6.33. The van der Waals surface area contributed by atoms with Crippen molar-refractivity contribution in [2.75, 3.05) is 38.2 Å². The third-order valence-corrected chi connectivity index (χ3v) is 4.66. The molecule has 1 aliphatic heterocycles. The van der Waals surface area contributed by atoms with E-state index in [1.807, 2.05) is 25.1 Å². The summed E-state index contributed by atoms with van der Waals surface area (Å²) in [6.07, 6.45) is 1.52. The zero-order chi connectivity index (χ0) is 19.9. The van der Waals surface area contributed by atoms with E-state index in [1.54, 1.807) is 17.0 Å². The van der Waals surface area contributed by atoms with Crippen LogP contribution in [0.5, 0.6) is 0 Å². The highest BCUT2D eigenvalue weighted by Crippen LogP contribution is 2.22. The van der Waals surface area contributed by atoms with Gasteiger partial charge in [-0.2, -0.15) is 0 Å². The first kappa shape index (κ1) is 20.1. The summed E-state index contributed by atoms with van der Waals surface area (Å²) in [5, 5.41) is 6.31. The van der Waals surface area contributed by atoms with Crippen molar-refractivity contribution in [2.45, 2.75) is 13.5 Å². The Kier molecular flexibility index (Phi) is 6.84. The van der Waals surface area contributed by atoms with Crippen LogP contribution >= 0.6 is 11.6 Å². The van der Waals surface area contributed by atoms with E-state index in [9.17, 15) is 9.59 Å². The number of nitrogens with one attached hydrogen (secondary N) is 2. The summed E-state index contributed by atoms with van der Waals surface area (Å²) in [5.41, 5.74) is 1.98. The number of morpholine rings is 1. The van der Waals surface area contributed by atoms with Gasteiger partial charge in [0.2, 0.25) is 0 Å². The predicted molar refractivity (Wildman–Crippen MR) is 108 cm³/mol. The molecule has 1 aliphatic rings. The molecule has 0 saturated carbocycles. The number of carbonyl (C=O) groups is 2. The van der Waals surface area contributed by atoms with Gasteiger partial charge < -0.3 is 20.3 Å². The Morgan fingerprint density at radius 2 is 2.00 bits per heavy atom. The molecule has 148 valence electrons. The fourth-order valence-electron chi connectivity index (χ4n) is 2.90. The van der Waals surface area contributed by atoms with Crippen molar-refractivity contribution in [1.82, 2.24) is 15.2 Å². The number of hydrogen-bond acceptors (Lipinski definition) is 5. The normalized spacial score (nSPS) is 13.9. The van der Waals surface area contributed by atoms with Crippen LogP contribution in [-0.2, 0) is 11.3 Å². The maximum absolute atomic E-state index is 12.5. The number of pyridine rings is 1. The van der Waals surface area contributed by atoms with Crippen LogP contribution < -0.4 is 10.6 Å². The Morgan fingerprint density at radius 1 is 1.21 bits per heavy atom. The zero-order valence-corrected chi connectivity index (χ0v) is 16.5. The van der Waals surface area contributed by atoms with Crippen molar-refractivity contribution in [2.24, 2.45) is 0 Å². The zero-order valence-electron chi connectivity index (χ0n) is 15.7. The van der Waals surface area contributed by atoms with E-state index >= 15 is 0 Å². The second-order valence-electron chi connectivity index (χ2n) is 6.37. The maximum Gasteiger partial charge on any atom is 0.255 e. The lowest BCUT2D eigenvalue weighted by Gasteiger charge is -2.26. The number of nitrogens with zero attached hydrogens (tertiary/aromatic N) is 2. The van der Waals surface area contributed by atoms with Crippen LogP contribution in [0.15, 0.2) is 36.5 Å². The molecule has 7 nitrogen and oxygen atoms in total. The van der Waals surface area contributed by atoms with E-state index in [2.05, 4.69) is 15.6 Å². The molecular weight excluding hydrogens is 380 g/mol. The highest BCUT2D eigenvalue weighted by Gasteiger charge is 2.19. The van der Waals surface area contributed by atoms with Gasteiger partial charge >= 0.3 is 0 Å². The number of anilines is 1. The molecule has 0 radical (unpaired) electrons. The summed E-state index contributed by atoms with van der Waals surface area (Å²) in [4.78, 5) is 30.5. The number of aromatic nitrogens is 1. The molecule has 1 fully saturated rings. The average Bonchev–Trinajstić information content (AvgIpc) is 2.73. The number of benzene rings is 1. The lowest BCUT2D eigenvalue weighted by atomic mass is 10.1. The van der Waals surface area contributed by atoms with E-state index in [1.165, 1.54) is 6.20 Å². The topological polar surface area (TPSA) is 83.6 Å². The SMILES string of the molecule is CCNC(=O)c1cccc(CNc2ncc(C(=O)N3CCOCC3)cc2Cl)c1. The standard InChI is InChI=1S/C20H23ClN4O3/c1-2-22-19(26)15-5-3-4-14(10-15)12-23-18-17(21)11-16(13-24-18)20(27)25-6-8-28-9-7-25/h3-5,10-11,13H,2,6-9,12H2,1H3,(H,22,26)(H,23,24). The van der Waals surface area contributed by atoms with E-state index in [-0.39, 0.29) is 11.8 Å². The van der Waals surface area contributed by atoms with Gasteiger partial charge in [-0.15, -0.1) is 0 Å². The number of rotatable bonds is 6. The quantitative estimate of drug-likeness (QED) is 0.775. The molecule has 1 saturated heterocycles. The molecule has 0 bridgehead atoms. The number of carbonyl (C=O) groups excluding carboxylic acids is 2. The summed E-state index contributed by atoms with van der Waals surface area (Å²) >= 11 is 6.32. The number of amides is 2. The van der Waals surface area contributed by atoms with Crippen LogP contribution in [0.3, 0.4) is 0 Å². The van der Waals surface area contributed by atoms with Gasteiger partial charge in [0.25, 0.3) is 11.8 Å². The van der Waals surface area contributed by atoms with Crippen LogP contribution in [0.1, 0.15) is 33.2 Å². The Bertz CT molecular complexity index is 853. The van der Waals surface area contributed by atoms with E-state index in [4.69, 9.17) is 16.3 Å². The Morgan fingerprint density at radius 3 is 2.71 bits per heavy atom. The average molecular weight is 403 g/mol. The third-order valence-electron chi connectivity index (χ3n) is 4.37. The van der Waals surface area contributed by atoms with Gasteiger partial charge in [-0.3, -0.25) is 9.59 Å². The van der Waals surface area contributed by atoms with Crippen LogP contribution in [0, 0.1) is 0 Å². The van der Waals surface area contributed by atoms with E-state index in [0.717, 1.165) is 5.56 Å². The molecule has 3 rings (SSSR count). The Hall–Kier alpha value is -2.64. The fourth-order valence-corrected chi connectivity index (χ4v) is 3.14. The summed E-state index contributed by atoms with van der Waals surface area (Å²) in [7, 11) is 0. The van der Waals surface area contributed by atoms with Crippen molar-refractivity contribution in [3.63, 3.8) is 0 Å². The van der Waals surface area contributed by atoms with Crippen molar-refractivity contribution in [1.29, 1.82) is 0 Å². The number of ether oxygens (including phenoxy) is 1. The molecule has 1 aromatic carbocycles. The summed E-state index contributed by atoms with van der Waals surface area (Å²) in [6, 6.07) is 8.97. The van der Waals surface area contributed by atoms with E-state index in [0.29, 0.717) is 61.4 Å². The number of halogens is 1. The third kappa shape index (κ3) is 4.99. The monoisotopic (exact) mass is 402 g/mol. The van der Waals surface area contributed by atoms with Gasteiger partial charge in [0.1, 0.15) is 5.82 Å². The van der Waals surface area contributed by atoms with Crippen LogP contribution in [-0.4, -0.2) is 54.5 Å². The summed E-state index contributed by atoms with van der Waals surface area (Å²) in [5.74, 6) is 0.286. The lowest BCUT2D eigenvalue weighted by Crippen LogP contribution is -2.40. The minimum atomic E-state index is -0.105. The van der Waals surface area contributed by atoms with Crippen LogP contribution in [0.4, 0.5) is 5.82 Å². The molecule has 2 N–H and O–H groups in total. The second-order valence-corrected chi connectivity index (χ2v) is 6.78. The smallest absolute Gasteiger partial charge is 0.255 e. The largest absolute Gasteiger partial charge is 0.378 e. The maximum atomic E-state index is 12.5. The van der Waals surface area contributed by atoms with Crippen LogP contribution in [0.2, 0.25) is 5.02 Å². The van der Waals surface area contributed by atoms with Gasteiger partial charge in [-0.25, -0.2) is 4.98 Å². The van der Waals surface area contributed by atoms with Gasteiger partial charge in [0.05, 0.1) is 23.8 Å². The number of hydrogen-bond donors (Lipinski definition) is 2. The lowest BCUT2D eigenvalue weighted by molar-refractivity contribution is 0.0302. The molecule has 0 aliphatic carbocycles. The van der Waals surface area contributed by atoms with Crippen LogP contribution in [0.25, 0.3) is 0 Å². The molecule has 1 aromatic heterocycles. The fraction of sp³-hybridized carbons (Fsp3) is 0.350. The first-order valence-corrected chi connectivity index (χ1v) is 9.60. The minimum Gasteiger partial charge on any atom is -0.378 e. The van der Waals surface area contributed by atoms with Gasteiger partial charge in [-0.1, -0.05) is 23.7 Å². The molecule has 2 amide bonds. The molecule has 2 heterocycles. The summed E-state index contributed by atoms with van der Waals surface area (Å²) < 4.78 is 5.27. The second kappa shape index (κ2) is 9.52. The highest BCUT2D eigenvalue weighted by atomic mass is 35.5. The van der Waals surface area contributed by atoms with Gasteiger partial charge in [-0.05, 0) is 30.7 Å². The van der Waals surface area contributed by atoms with Gasteiger partial charge in [0, 0.05) is 37.9 Å². The Labute approximate surface area is 169 Å². The molecule has 0 spiro atoms. The van der Waals surface area contributed by atoms with Crippen molar-refractivity contribution in [3.05, 3.63) is 58.2 Å². The van der Waals surface area contributed by atoms with Crippen molar-refractivity contribution < 1.29 is 14.3 Å². The van der Waals surface area contributed by atoms with Gasteiger partial charge in [0.15, 0.2) is 0 Å². The molecular formula is C20H23ClN4O3. The minimum absolute atomic E-state index is 0.0983. The molecule has 0 unspecified atom stereocenters. The summed E-state index contributed by atoms with van der Waals surface area (Å²) in [6.45, 7) is 5.14. The molecule has 8 heteroatoms. The van der Waals surface area contributed by atoms with Crippen molar-refractivity contribution in [3.8, 4) is 0 Å². The molecule has 28 heavy (non-hydrogen) atoms. The van der Waals surface area contributed by atoms with Crippen molar-refractivity contribution >= 4 is 29.2 Å². The first-order valence-electron chi connectivity index (χ1n) is 9.22. The Balaban J connectivity index is 1.64. The molecule has 0 atom stereocenters. The predicted octanol–water partition coefficient (Wildman–Crippen LogP) is 2.57. The molecule has 2 aromatic rings.